The zero-order valence-electron chi connectivity index (χ0n) is 11.3. The van der Waals surface area contributed by atoms with Crippen LogP contribution in [0.2, 0.25) is 0 Å². The fraction of sp³-hybridized carbons (Fsp3) is 1.00. The molecule has 94 valence electrons. The highest BCUT2D eigenvalue weighted by atomic mass is 14.9. The molecular weight excluding hydrogens is 194 g/mol. The molecule has 2 aliphatic rings. The van der Waals surface area contributed by atoms with E-state index in [0.717, 1.165) is 29.7 Å². The molecule has 0 amide bonds. The van der Waals surface area contributed by atoms with E-state index < -0.39 is 0 Å². The van der Waals surface area contributed by atoms with Gasteiger partial charge >= 0.3 is 0 Å². The lowest BCUT2D eigenvalue weighted by Crippen LogP contribution is -2.38. The summed E-state index contributed by atoms with van der Waals surface area (Å²) in [4.78, 5) is 0. The first-order chi connectivity index (χ1) is 7.65. The van der Waals surface area contributed by atoms with Crippen LogP contribution in [0.15, 0.2) is 0 Å². The Morgan fingerprint density at radius 1 is 0.875 bits per heavy atom. The Labute approximate surface area is 101 Å². The fourth-order valence-electron chi connectivity index (χ4n) is 3.58. The summed E-state index contributed by atoms with van der Waals surface area (Å²) in [5.41, 5.74) is 0. The van der Waals surface area contributed by atoms with Gasteiger partial charge < -0.3 is 5.32 Å². The first-order valence-corrected chi connectivity index (χ1v) is 7.38. The summed E-state index contributed by atoms with van der Waals surface area (Å²) >= 11 is 0. The lowest BCUT2D eigenvalue weighted by Gasteiger charge is -2.33. The zero-order valence-corrected chi connectivity index (χ0v) is 11.3. The summed E-state index contributed by atoms with van der Waals surface area (Å²) in [6.07, 6.45) is 8.64. The molecule has 0 aromatic heterocycles. The van der Waals surface area contributed by atoms with Crippen LogP contribution < -0.4 is 5.32 Å². The maximum absolute atomic E-state index is 3.84. The Bertz CT molecular complexity index is 213. The van der Waals surface area contributed by atoms with Gasteiger partial charge in [-0.3, -0.25) is 0 Å². The molecule has 1 nitrogen and oxygen atoms in total. The third-order valence-corrected chi connectivity index (χ3v) is 5.10. The number of rotatable bonds is 3. The first-order valence-electron chi connectivity index (χ1n) is 7.38. The summed E-state index contributed by atoms with van der Waals surface area (Å²) in [6, 6.07) is 0.821. The molecule has 1 N–H and O–H groups in total. The second kappa shape index (κ2) is 5.53. The van der Waals surface area contributed by atoms with E-state index in [-0.39, 0.29) is 0 Å². The molecule has 0 aliphatic heterocycles. The minimum Gasteiger partial charge on any atom is -0.314 e. The van der Waals surface area contributed by atoms with Crippen molar-refractivity contribution in [2.45, 2.75) is 65.3 Å². The molecule has 2 fully saturated rings. The van der Waals surface area contributed by atoms with Crippen molar-refractivity contribution in [2.24, 2.45) is 23.7 Å². The topological polar surface area (TPSA) is 12.0 Å². The summed E-state index contributed by atoms with van der Waals surface area (Å²) in [7, 11) is 0. The second-order valence-electron chi connectivity index (χ2n) is 6.66. The van der Waals surface area contributed by atoms with Gasteiger partial charge in [0.15, 0.2) is 0 Å². The maximum atomic E-state index is 3.84. The van der Waals surface area contributed by atoms with Crippen molar-refractivity contribution in [3.05, 3.63) is 0 Å². The van der Waals surface area contributed by atoms with E-state index in [1.165, 1.54) is 45.1 Å². The van der Waals surface area contributed by atoms with Crippen molar-refractivity contribution in [1.82, 2.24) is 5.32 Å². The van der Waals surface area contributed by atoms with Crippen molar-refractivity contribution in [3.63, 3.8) is 0 Å². The Hall–Kier alpha value is -0.0400. The fourth-order valence-corrected chi connectivity index (χ4v) is 3.58. The smallest absolute Gasteiger partial charge is 0.00699 e. The summed E-state index contributed by atoms with van der Waals surface area (Å²) < 4.78 is 0. The molecule has 0 spiro atoms. The van der Waals surface area contributed by atoms with Gasteiger partial charge in [-0.05, 0) is 62.3 Å². The van der Waals surface area contributed by atoms with Crippen LogP contribution in [0.25, 0.3) is 0 Å². The summed E-state index contributed by atoms with van der Waals surface area (Å²) in [5.74, 6) is 3.83. The number of hydrogen-bond donors (Lipinski definition) is 1. The molecular formula is C15H29N. The third-order valence-electron chi connectivity index (χ3n) is 5.10. The van der Waals surface area contributed by atoms with Gasteiger partial charge in [-0.2, -0.15) is 0 Å². The largest absolute Gasteiger partial charge is 0.314 e. The number of nitrogens with one attached hydrogen (secondary N) is 1. The molecule has 0 radical (unpaired) electrons. The average molecular weight is 223 g/mol. The van der Waals surface area contributed by atoms with Crippen LogP contribution in [0.3, 0.4) is 0 Å². The van der Waals surface area contributed by atoms with Crippen LogP contribution in [0.4, 0.5) is 0 Å². The molecule has 0 aromatic rings. The van der Waals surface area contributed by atoms with E-state index in [4.69, 9.17) is 0 Å². The molecule has 5 atom stereocenters. The van der Waals surface area contributed by atoms with Crippen LogP contribution in [0, 0.1) is 23.7 Å². The predicted molar refractivity (Wildman–Crippen MR) is 70.5 cm³/mol. The van der Waals surface area contributed by atoms with Gasteiger partial charge in [-0.1, -0.05) is 27.2 Å². The lowest BCUT2D eigenvalue weighted by atomic mass is 9.79. The first kappa shape index (κ1) is 12.4. The molecule has 2 rings (SSSR count). The highest BCUT2D eigenvalue weighted by Gasteiger charge is 2.26. The summed E-state index contributed by atoms with van der Waals surface area (Å²) in [5, 5.41) is 3.84. The molecule has 5 unspecified atom stereocenters. The minimum atomic E-state index is 0.821. The highest BCUT2D eigenvalue weighted by molar-refractivity contribution is 4.82. The third kappa shape index (κ3) is 3.23. The van der Waals surface area contributed by atoms with E-state index in [9.17, 15) is 0 Å². The van der Waals surface area contributed by atoms with Gasteiger partial charge in [0.25, 0.3) is 0 Å². The summed E-state index contributed by atoms with van der Waals surface area (Å²) in [6.45, 7) is 8.54. The van der Waals surface area contributed by atoms with Crippen LogP contribution in [0.1, 0.15) is 59.3 Å². The SMILES string of the molecule is CC1CCC(CNC2CCC(C)C(C)C2)C1. The van der Waals surface area contributed by atoms with Crippen molar-refractivity contribution in [1.29, 1.82) is 0 Å². The number of hydrogen-bond acceptors (Lipinski definition) is 1. The van der Waals surface area contributed by atoms with Gasteiger partial charge in [-0.25, -0.2) is 0 Å². The van der Waals surface area contributed by atoms with E-state index >= 15 is 0 Å². The van der Waals surface area contributed by atoms with E-state index in [0.29, 0.717) is 0 Å². The molecule has 0 saturated heterocycles. The molecule has 1 heteroatoms. The second-order valence-corrected chi connectivity index (χ2v) is 6.66. The van der Waals surface area contributed by atoms with Crippen LogP contribution in [0.5, 0.6) is 0 Å². The monoisotopic (exact) mass is 223 g/mol. The van der Waals surface area contributed by atoms with Crippen LogP contribution in [-0.2, 0) is 0 Å². The Morgan fingerprint density at radius 3 is 2.31 bits per heavy atom. The van der Waals surface area contributed by atoms with Crippen molar-refractivity contribution < 1.29 is 0 Å². The zero-order chi connectivity index (χ0) is 11.5. The molecule has 2 saturated carbocycles. The maximum Gasteiger partial charge on any atom is 0.00699 e. The Kier molecular flexibility index (Phi) is 4.29. The molecule has 0 bridgehead atoms. The van der Waals surface area contributed by atoms with Crippen molar-refractivity contribution in [2.75, 3.05) is 6.54 Å². The van der Waals surface area contributed by atoms with Gasteiger partial charge in [0.2, 0.25) is 0 Å². The molecule has 16 heavy (non-hydrogen) atoms. The van der Waals surface area contributed by atoms with Gasteiger partial charge in [-0.15, -0.1) is 0 Å². The standard InChI is InChI=1S/C15H29N/c1-11-4-6-14(8-11)10-16-15-7-5-12(2)13(3)9-15/h11-16H,4-10H2,1-3H3. The van der Waals surface area contributed by atoms with Crippen LogP contribution >= 0.6 is 0 Å². The van der Waals surface area contributed by atoms with Crippen LogP contribution in [-0.4, -0.2) is 12.6 Å². The normalized spacial score (nSPS) is 44.8. The Morgan fingerprint density at radius 2 is 1.69 bits per heavy atom. The lowest BCUT2D eigenvalue weighted by molar-refractivity contribution is 0.220. The molecule has 0 heterocycles. The van der Waals surface area contributed by atoms with E-state index in [1.54, 1.807) is 0 Å². The van der Waals surface area contributed by atoms with Crippen molar-refractivity contribution in [3.8, 4) is 0 Å². The molecule has 2 aliphatic carbocycles. The van der Waals surface area contributed by atoms with Gasteiger partial charge in [0, 0.05) is 6.04 Å². The quantitative estimate of drug-likeness (QED) is 0.766. The van der Waals surface area contributed by atoms with Gasteiger partial charge in [0.1, 0.15) is 0 Å². The van der Waals surface area contributed by atoms with Gasteiger partial charge in [0.05, 0.1) is 0 Å². The predicted octanol–water partition coefficient (Wildman–Crippen LogP) is 3.84. The van der Waals surface area contributed by atoms with Crippen molar-refractivity contribution >= 4 is 0 Å². The molecule has 0 aromatic carbocycles. The van der Waals surface area contributed by atoms with E-state index in [2.05, 4.69) is 26.1 Å². The van der Waals surface area contributed by atoms with E-state index in [1.807, 2.05) is 0 Å². The Balaban J connectivity index is 1.66. The average Bonchev–Trinajstić information content (AvgIpc) is 2.66. The minimum absolute atomic E-state index is 0.821. The highest BCUT2D eigenvalue weighted by Crippen LogP contribution is 2.32.